The monoisotopic (exact) mass is 357 g/mol. The first-order chi connectivity index (χ1) is 9.43. The van der Waals surface area contributed by atoms with E-state index < -0.39 is 5.82 Å². The molecule has 0 aliphatic rings. The van der Waals surface area contributed by atoms with Gasteiger partial charge in [0.1, 0.15) is 5.02 Å². The summed E-state index contributed by atoms with van der Waals surface area (Å²) < 4.78 is 15.1. The number of anilines is 4. The standard InChI is InChI=1S/C14H14BrClFN3/c1-2-7-5-8(15)3-4-11(7)20-14-10(19)6-9(18)12(16)13(14)17/h3-6,20H,2,18-19H2,1H3. The molecule has 0 bridgehead atoms. The summed E-state index contributed by atoms with van der Waals surface area (Å²) in [5.74, 6) is -0.644. The maximum absolute atomic E-state index is 14.2. The van der Waals surface area contributed by atoms with Crippen LogP contribution in [0.25, 0.3) is 0 Å². The first-order valence-corrected chi connectivity index (χ1v) is 7.19. The fourth-order valence-electron chi connectivity index (χ4n) is 1.90. The molecule has 2 aromatic rings. The first-order valence-electron chi connectivity index (χ1n) is 6.02. The molecule has 0 saturated carbocycles. The molecule has 2 aromatic carbocycles. The number of hydrogen-bond acceptors (Lipinski definition) is 3. The number of aryl methyl sites for hydroxylation is 1. The van der Waals surface area contributed by atoms with Crippen molar-refractivity contribution in [2.75, 3.05) is 16.8 Å². The number of benzene rings is 2. The third kappa shape index (κ3) is 2.83. The summed E-state index contributed by atoms with van der Waals surface area (Å²) in [5, 5.41) is 2.87. The van der Waals surface area contributed by atoms with E-state index in [4.69, 9.17) is 23.1 Å². The van der Waals surface area contributed by atoms with Crippen molar-refractivity contribution in [2.24, 2.45) is 0 Å². The molecule has 3 nitrogen and oxygen atoms in total. The highest BCUT2D eigenvalue weighted by atomic mass is 79.9. The van der Waals surface area contributed by atoms with Crippen LogP contribution in [0.3, 0.4) is 0 Å². The van der Waals surface area contributed by atoms with Gasteiger partial charge in [0.15, 0.2) is 5.82 Å². The Bertz CT molecular complexity index is 661. The number of hydrogen-bond donors (Lipinski definition) is 3. The average Bonchev–Trinajstić information content (AvgIpc) is 2.42. The number of rotatable bonds is 3. The summed E-state index contributed by atoms with van der Waals surface area (Å²) in [6.07, 6.45) is 0.798. The van der Waals surface area contributed by atoms with E-state index >= 15 is 0 Å². The Labute approximate surface area is 130 Å². The Balaban J connectivity index is 2.48. The van der Waals surface area contributed by atoms with Crippen LogP contribution in [0.2, 0.25) is 5.02 Å². The fourth-order valence-corrected chi connectivity index (χ4v) is 2.46. The SMILES string of the molecule is CCc1cc(Br)ccc1Nc1c(N)cc(N)c(Cl)c1F. The van der Waals surface area contributed by atoms with Crippen LogP contribution in [0.5, 0.6) is 0 Å². The van der Waals surface area contributed by atoms with Gasteiger partial charge >= 0.3 is 0 Å². The quantitative estimate of drug-likeness (QED) is 0.696. The van der Waals surface area contributed by atoms with Crippen LogP contribution in [0.1, 0.15) is 12.5 Å². The van der Waals surface area contributed by atoms with Crippen molar-refractivity contribution in [3.05, 3.63) is 45.1 Å². The van der Waals surface area contributed by atoms with Gasteiger partial charge in [-0.1, -0.05) is 34.5 Å². The molecular weight excluding hydrogens is 345 g/mol. The molecule has 0 radical (unpaired) electrons. The predicted octanol–water partition coefficient (Wildman–Crippen LogP) is 4.71. The van der Waals surface area contributed by atoms with Gasteiger partial charge in [0, 0.05) is 10.2 Å². The van der Waals surface area contributed by atoms with Crippen molar-refractivity contribution in [3.8, 4) is 0 Å². The minimum Gasteiger partial charge on any atom is -0.397 e. The van der Waals surface area contributed by atoms with Crippen molar-refractivity contribution in [1.82, 2.24) is 0 Å². The maximum Gasteiger partial charge on any atom is 0.169 e. The molecular formula is C14H14BrClFN3. The Morgan fingerprint density at radius 3 is 2.60 bits per heavy atom. The van der Waals surface area contributed by atoms with Gasteiger partial charge < -0.3 is 16.8 Å². The zero-order valence-corrected chi connectivity index (χ0v) is 13.1. The lowest BCUT2D eigenvalue weighted by molar-refractivity contribution is 0.633. The van der Waals surface area contributed by atoms with Crippen molar-refractivity contribution < 1.29 is 4.39 Å². The molecule has 20 heavy (non-hydrogen) atoms. The highest BCUT2D eigenvalue weighted by Gasteiger charge is 2.15. The second-order valence-corrected chi connectivity index (χ2v) is 5.63. The van der Waals surface area contributed by atoms with Crippen LogP contribution in [-0.4, -0.2) is 0 Å². The van der Waals surface area contributed by atoms with Gasteiger partial charge in [-0.25, -0.2) is 4.39 Å². The highest BCUT2D eigenvalue weighted by molar-refractivity contribution is 9.10. The molecule has 0 fully saturated rings. The van der Waals surface area contributed by atoms with E-state index in [1.54, 1.807) is 0 Å². The average molecular weight is 359 g/mol. The van der Waals surface area contributed by atoms with Gasteiger partial charge in [0.2, 0.25) is 0 Å². The minimum atomic E-state index is -0.644. The predicted molar refractivity (Wildman–Crippen MR) is 87.0 cm³/mol. The second kappa shape index (κ2) is 5.89. The smallest absolute Gasteiger partial charge is 0.169 e. The van der Waals surface area contributed by atoms with Crippen LogP contribution in [0.15, 0.2) is 28.7 Å². The molecule has 106 valence electrons. The van der Waals surface area contributed by atoms with Gasteiger partial charge in [0.05, 0.1) is 17.1 Å². The number of halogens is 3. The molecule has 6 heteroatoms. The van der Waals surface area contributed by atoms with Crippen molar-refractivity contribution in [2.45, 2.75) is 13.3 Å². The number of nitrogens with one attached hydrogen (secondary N) is 1. The van der Waals surface area contributed by atoms with Crippen LogP contribution in [-0.2, 0) is 6.42 Å². The van der Waals surface area contributed by atoms with Crippen molar-refractivity contribution in [3.63, 3.8) is 0 Å². The van der Waals surface area contributed by atoms with E-state index in [-0.39, 0.29) is 22.1 Å². The third-order valence-electron chi connectivity index (χ3n) is 2.97. The summed E-state index contributed by atoms with van der Waals surface area (Å²) >= 11 is 9.23. The molecule has 0 heterocycles. The van der Waals surface area contributed by atoms with Gasteiger partial charge in [0.25, 0.3) is 0 Å². The van der Waals surface area contributed by atoms with E-state index in [0.717, 1.165) is 22.1 Å². The zero-order valence-electron chi connectivity index (χ0n) is 10.8. The topological polar surface area (TPSA) is 64.1 Å². The molecule has 0 unspecified atom stereocenters. The minimum absolute atomic E-state index is 0.124. The van der Waals surface area contributed by atoms with Crippen molar-refractivity contribution in [1.29, 1.82) is 0 Å². The molecule has 0 aliphatic heterocycles. The van der Waals surface area contributed by atoms with E-state index in [1.165, 1.54) is 6.07 Å². The van der Waals surface area contributed by atoms with Gasteiger partial charge in [-0.05, 0) is 36.2 Å². The lowest BCUT2D eigenvalue weighted by Crippen LogP contribution is -2.04. The van der Waals surface area contributed by atoms with E-state index in [0.29, 0.717) is 0 Å². The molecule has 0 amide bonds. The lowest BCUT2D eigenvalue weighted by Gasteiger charge is -2.15. The molecule has 5 N–H and O–H groups in total. The summed E-state index contributed by atoms with van der Waals surface area (Å²) in [7, 11) is 0. The second-order valence-electron chi connectivity index (χ2n) is 4.34. The number of nitrogen functional groups attached to an aromatic ring is 2. The van der Waals surface area contributed by atoms with Gasteiger partial charge in [-0.3, -0.25) is 0 Å². The zero-order chi connectivity index (χ0) is 14.9. The molecule has 2 rings (SSSR count). The Morgan fingerprint density at radius 2 is 1.95 bits per heavy atom. The van der Waals surface area contributed by atoms with E-state index in [9.17, 15) is 4.39 Å². The molecule has 0 aliphatic carbocycles. The summed E-state index contributed by atoms with van der Waals surface area (Å²) in [4.78, 5) is 0. The van der Waals surface area contributed by atoms with Crippen LogP contribution in [0.4, 0.5) is 27.1 Å². The van der Waals surface area contributed by atoms with Gasteiger partial charge in [-0.15, -0.1) is 0 Å². The van der Waals surface area contributed by atoms with Gasteiger partial charge in [-0.2, -0.15) is 0 Å². The Kier molecular flexibility index (Phi) is 4.40. The molecule has 0 saturated heterocycles. The van der Waals surface area contributed by atoms with E-state index in [1.807, 2.05) is 25.1 Å². The fraction of sp³-hybridized carbons (Fsp3) is 0.143. The number of nitrogens with two attached hydrogens (primary N) is 2. The van der Waals surface area contributed by atoms with Crippen molar-refractivity contribution >= 4 is 50.3 Å². The maximum atomic E-state index is 14.2. The normalized spacial score (nSPS) is 10.6. The highest BCUT2D eigenvalue weighted by Crippen LogP contribution is 2.36. The molecule has 0 spiro atoms. The molecule has 0 atom stereocenters. The summed E-state index contributed by atoms with van der Waals surface area (Å²) in [6, 6.07) is 7.13. The van der Waals surface area contributed by atoms with Crippen LogP contribution >= 0.6 is 27.5 Å². The lowest BCUT2D eigenvalue weighted by atomic mass is 10.1. The Morgan fingerprint density at radius 1 is 1.25 bits per heavy atom. The van der Waals surface area contributed by atoms with E-state index in [2.05, 4.69) is 21.2 Å². The molecule has 0 aromatic heterocycles. The summed E-state index contributed by atoms with van der Waals surface area (Å²) in [6.45, 7) is 2.02. The summed E-state index contributed by atoms with van der Waals surface area (Å²) in [5.41, 5.74) is 13.7. The largest absolute Gasteiger partial charge is 0.397 e. The Hall–Kier alpha value is -1.46. The third-order valence-corrected chi connectivity index (χ3v) is 3.85. The van der Waals surface area contributed by atoms with Crippen LogP contribution < -0.4 is 16.8 Å². The van der Waals surface area contributed by atoms with Crippen LogP contribution in [0, 0.1) is 5.82 Å². The first kappa shape index (κ1) is 14.9.